The Balaban J connectivity index is 1.78. The van der Waals surface area contributed by atoms with Crippen molar-refractivity contribution in [1.82, 2.24) is 4.98 Å². The second kappa shape index (κ2) is 7.63. The second-order valence-corrected chi connectivity index (χ2v) is 7.55. The molecule has 4 nitrogen and oxygen atoms in total. The Bertz CT molecular complexity index is 1190. The van der Waals surface area contributed by atoms with Crippen LogP contribution >= 0.6 is 11.3 Å². The number of nitriles is 1. The summed E-state index contributed by atoms with van der Waals surface area (Å²) in [4.78, 5) is 19.7. The highest BCUT2D eigenvalue weighted by Gasteiger charge is 2.22. The van der Waals surface area contributed by atoms with Gasteiger partial charge >= 0.3 is 0 Å². The summed E-state index contributed by atoms with van der Waals surface area (Å²) in [5, 5.41) is 9.82. The number of carbonyl (C=O) groups excluding carboxylic acids is 1. The summed E-state index contributed by atoms with van der Waals surface area (Å²) in [6.45, 7) is 2.45. The minimum absolute atomic E-state index is 0.170. The average molecular weight is 383 g/mol. The highest BCUT2D eigenvalue weighted by molar-refractivity contribution is 7.22. The zero-order valence-electron chi connectivity index (χ0n) is 15.3. The Morgan fingerprint density at radius 3 is 2.68 bits per heavy atom. The van der Waals surface area contributed by atoms with Crippen LogP contribution in [0.4, 0.5) is 5.13 Å². The fraction of sp³-hybridized carbons (Fsp3) is 0.0870. The van der Waals surface area contributed by atoms with E-state index in [9.17, 15) is 10.1 Å². The molecule has 0 aliphatic carbocycles. The van der Waals surface area contributed by atoms with Crippen molar-refractivity contribution in [2.45, 2.75) is 13.5 Å². The molecule has 28 heavy (non-hydrogen) atoms. The van der Waals surface area contributed by atoms with E-state index >= 15 is 0 Å². The molecule has 1 amide bonds. The number of thiazole rings is 1. The summed E-state index contributed by atoms with van der Waals surface area (Å²) in [5.74, 6) is -0.170. The molecule has 0 N–H and O–H groups in total. The molecule has 1 aromatic heterocycles. The number of benzene rings is 3. The van der Waals surface area contributed by atoms with Gasteiger partial charge in [0.05, 0.1) is 28.4 Å². The monoisotopic (exact) mass is 383 g/mol. The molecular weight excluding hydrogens is 366 g/mol. The van der Waals surface area contributed by atoms with Crippen LogP contribution in [0.1, 0.15) is 27.0 Å². The topological polar surface area (TPSA) is 57.0 Å². The number of anilines is 1. The minimum Gasteiger partial charge on any atom is -0.279 e. The zero-order valence-corrected chi connectivity index (χ0v) is 16.1. The fourth-order valence-corrected chi connectivity index (χ4v) is 4.07. The largest absolute Gasteiger partial charge is 0.279 e. The van der Waals surface area contributed by atoms with Gasteiger partial charge in [-0.2, -0.15) is 5.26 Å². The molecular formula is C23H17N3OS. The number of aryl methyl sites for hydroxylation is 1. The number of rotatable bonds is 4. The summed E-state index contributed by atoms with van der Waals surface area (Å²) in [7, 11) is 0. The highest BCUT2D eigenvalue weighted by atomic mass is 32.1. The van der Waals surface area contributed by atoms with Crippen molar-refractivity contribution in [3.8, 4) is 6.07 Å². The van der Waals surface area contributed by atoms with Crippen molar-refractivity contribution in [3.63, 3.8) is 0 Å². The molecule has 0 radical (unpaired) electrons. The van der Waals surface area contributed by atoms with Crippen LogP contribution in [0, 0.1) is 18.3 Å². The van der Waals surface area contributed by atoms with Gasteiger partial charge in [0.2, 0.25) is 0 Å². The van der Waals surface area contributed by atoms with Gasteiger partial charge in [-0.15, -0.1) is 0 Å². The van der Waals surface area contributed by atoms with Crippen molar-refractivity contribution < 1.29 is 4.79 Å². The molecule has 4 rings (SSSR count). The SMILES string of the molecule is Cc1ccc2nc(N(Cc3ccccc3)C(=O)c3cccc(C#N)c3)sc2c1. The molecule has 136 valence electrons. The summed E-state index contributed by atoms with van der Waals surface area (Å²) >= 11 is 1.50. The number of hydrogen-bond donors (Lipinski definition) is 0. The maximum atomic E-state index is 13.3. The standard InChI is InChI=1S/C23H17N3OS/c1-16-10-11-20-21(12-16)28-23(25-20)26(15-17-6-3-2-4-7-17)22(27)19-9-5-8-18(13-19)14-24/h2-13H,15H2,1H3. The van der Waals surface area contributed by atoms with Gasteiger partial charge in [0.25, 0.3) is 5.91 Å². The van der Waals surface area contributed by atoms with Gasteiger partial charge in [0, 0.05) is 5.56 Å². The third-order valence-corrected chi connectivity index (χ3v) is 5.47. The zero-order chi connectivity index (χ0) is 19.5. The molecule has 0 aliphatic heterocycles. The van der Waals surface area contributed by atoms with Gasteiger partial charge in [-0.3, -0.25) is 9.69 Å². The Kier molecular flexibility index (Phi) is 4.88. The Morgan fingerprint density at radius 1 is 1.07 bits per heavy atom. The first-order valence-electron chi connectivity index (χ1n) is 8.87. The molecule has 0 saturated carbocycles. The molecule has 0 saturated heterocycles. The predicted molar refractivity (Wildman–Crippen MR) is 112 cm³/mol. The van der Waals surface area contributed by atoms with Crippen molar-refractivity contribution in [2.75, 3.05) is 4.90 Å². The van der Waals surface area contributed by atoms with E-state index in [1.165, 1.54) is 11.3 Å². The number of carbonyl (C=O) groups is 1. The lowest BCUT2D eigenvalue weighted by molar-refractivity contribution is 0.0985. The van der Waals surface area contributed by atoms with E-state index in [0.29, 0.717) is 22.8 Å². The van der Waals surface area contributed by atoms with Crippen LogP contribution in [-0.4, -0.2) is 10.9 Å². The lowest BCUT2D eigenvalue weighted by atomic mass is 10.1. The van der Waals surface area contributed by atoms with Gasteiger partial charge in [-0.05, 0) is 48.4 Å². The van der Waals surface area contributed by atoms with Crippen LogP contribution < -0.4 is 4.90 Å². The maximum absolute atomic E-state index is 13.3. The second-order valence-electron chi connectivity index (χ2n) is 6.54. The van der Waals surface area contributed by atoms with Crippen molar-refractivity contribution in [3.05, 3.63) is 95.1 Å². The summed E-state index contributed by atoms with van der Waals surface area (Å²) in [6.07, 6.45) is 0. The van der Waals surface area contributed by atoms with E-state index in [1.807, 2.05) is 49.4 Å². The Hall–Kier alpha value is -3.49. The molecule has 0 bridgehead atoms. The van der Waals surface area contributed by atoms with E-state index in [2.05, 4.69) is 12.1 Å². The smallest absolute Gasteiger partial charge is 0.260 e. The molecule has 5 heteroatoms. The number of fused-ring (bicyclic) bond motifs is 1. The first-order chi connectivity index (χ1) is 13.6. The molecule has 0 fully saturated rings. The molecule has 0 atom stereocenters. The summed E-state index contributed by atoms with van der Waals surface area (Å²) < 4.78 is 1.05. The summed E-state index contributed by atoms with van der Waals surface area (Å²) in [5.41, 5.74) is 3.99. The van der Waals surface area contributed by atoms with Gasteiger partial charge in [-0.25, -0.2) is 4.98 Å². The number of amides is 1. The van der Waals surface area contributed by atoms with Gasteiger partial charge in [0.15, 0.2) is 5.13 Å². The average Bonchev–Trinajstić information content (AvgIpc) is 3.15. The maximum Gasteiger partial charge on any atom is 0.260 e. The normalized spacial score (nSPS) is 10.6. The van der Waals surface area contributed by atoms with E-state index in [0.717, 1.165) is 21.3 Å². The van der Waals surface area contributed by atoms with E-state index in [4.69, 9.17) is 4.98 Å². The van der Waals surface area contributed by atoms with Crippen LogP contribution in [0.3, 0.4) is 0 Å². The number of aromatic nitrogens is 1. The Labute approximate surface area is 167 Å². The van der Waals surface area contributed by atoms with Crippen LogP contribution in [-0.2, 0) is 6.54 Å². The molecule has 1 heterocycles. The van der Waals surface area contributed by atoms with Gasteiger partial charge in [-0.1, -0.05) is 53.8 Å². The van der Waals surface area contributed by atoms with Crippen molar-refractivity contribution >= 4 is 32.6 Å². The predicted octanol–water partition coefficient (Wildman–Crippen LogP) is 5.32. The van der Waals surface area contributed by atoms with Crippen molar-refractivity contribution in [2.24, 2.45) is 0 Å². The molecule has 0 aliphatic rings. The van der Waals surface area contributed by atoms with E-state index in [1.54, 1.807) is 29.2 Å². The Morgan fingerprint density at radius 2 is 1.89 bits per heavy atom. The first kappa shape index (κ1) is 17.9. The number of nitrogens with zero attached hydrogens (tertiary/aromatic N) is 3. The fourth-order valence-electron chi connectivity index (χ4n) is 3.01. The summed E-state index contributed by atoms with van der Waals surface area (Å²) in [6, 6.07) is 24.8. The van der Waals surface area contributed by atoms with Crippen LogP contribution in [0.25, 0.3) is 10.2 Å². The highest BCUT2D eigenvalue weighted by Crippen LogP contribution is 2.31. The third kappa shape index (κ3) is 3.64. The van der Waals surface area contributed by atoms with E-state index < -0.39 is 0 Å². The molecule has 0 unspecified atom stereocenters. The van der Waals surface area contributed by atoms with Crippen LogP contribution in [0.5, 0.6) is 0 Å². The molecule has 4 aromatic rings. The number of hydrogen-bond acceptors (Lipinski definition) is 4. The first-order valence-corrected chi connectivity index (χ1v) is 9.69. The van der Waals surface area contributed by atoms with E-state index in [-0.39, 0.29) is 5.91 Å². The lowest BCUT2D eigenvalue weighted by Crippen LogP contribution is -2.30. The third-order valence-electron chi connectivity index (χ3n) is 4.43. The minimum atomic E-state index is -0.170. The molecule has 3 aromatic carbocycles. The van der Waals surface area contributed by atoms with Gasteiger partial charge in [0.1, 0.15) is 0 Å². The lowest BCUT2D eigenvalue weighted by Gasteiger charge is -2.20. The van der Waals surface area contributed by atoms with Gasteiger partial charge < -0.3 is 0 Å². The molecule has 0 spiro atoms. The van der Waals surface area contributed by atoms with Crippen LogP contribution in [0.15, 0.2) is 72.8 Å². The van der Waals surface area contributed by atoms with Crippen LogP contribution in [0.2, 0.25) is 0 Å². The van der Waals surface area contributed by atoms with Crippen molar-refractivity contribution in [1.29, 1.82) is 5.26 Å². The quantitative estimate of drug-likeness (QED) is 0.479.